The number of ether oxygens (including phenoxy) is 1. The molecule has 2 aromatic carbocycles. The van der Waals surface area contributed by atoms with Crippen molar-refractivity contribution in [2.75, 3.05) is 24.4 Å². The maximum Gasteiger partial charge on any atom is 0.250 e. The minimum atomic E-state index is -0.304. The molecule has 130 valence electrons. The van der Waals surface area contributed by atoms with Gasteiger partial charge < -0.3 is 15.4 Å². The number of methoxy groups -OCH3 is 1. The van der Waals surface area contributed by atoms with Gasteiger partial charge in [-0.2, -0.15) is 0 Å². The largest absolute Gasteiger partial charge is 0.375 e. The Morgan fingerprint density at radius 3 is 2.28 bits per heavy atom. The number of hydrogen-bond donors (Lipinski definition) is 2. The molecular weight excluding hydrogens is 363 g/mol. The highest BCUT2D eigenvalue weighted by atomic mass is 35.5. The Morgan fingerprint density at radius 1 is 1.04 bits per heavy atom. The lowest BCUT2D eigenvalue weighted by Gasteiger charge is -2.06. The molecule has 25 heavy (non-hydrogen) atoms. The average Bonchev–Trinajstić information content (AvgIpc) is 2.56. The molecule has 0 radical (unpaired) electrons. The van der Waals surface area contributed by atoms with Crippen molar-refractivity contribution in [2.24, 2.45) is 0 Å². The summed E-state index contributed by atoms with van der Waals surface area (Å²) < 4.78 is 4.74. The van der Waals surface area contributed by atoms with Crippen LogP contribution in [-0.4, -0.2) is 25.5 Å². The van der Waals surface area contributed by atoms with Crippen LogP contribution < -0.4 is 10.6 Å². The van der Waals surface area contributed by atoms with E-state index >= 15 is 0 Å². The smallest absolute Gasteiger partial charge is 0.250 e. The van der Waals surface area contributed by atoms with E-state index in [-0.39, 0.29) is 18.4 Å². The fraction of sp³-hybridized carbons (Fsp3) is 0.111. The molecule has 0 unspecified atom stereocenters. The third-order valence-electron chi connectivity index (χ3n) is 3.09. The second-order valence-electron chi connectivity index (χ2n) is 5.05. The second-order valence-corrected chi connectivity index (χ2v) is 5.89. The molecule has 0 aliphatic carbocycles. The third-order valence-corrected chi connectivity index (χ3v) is 3.65. The third kappa shape index (κ3) is 6.23. The maximum absolute atomic E-state index is 12.0. The SMILES string of the molecule is COCC(=O)Nc1ccc(NC(=O)/C=C/c2ccc(Cl)cc2Cl)cc1. The number of nitrogens with one attached hydrogen (secondary N) is 2. The molecule has 0 aromatic heterocycles. The maximum atomic E-state index is 12.0. The second kappa shape index (κ2) is 9.22. The molecule has 0 spiro atoms. The van der Waals surface area contributed by atoms with Crippen LogP contribution in [0.5, 0.6) is 0 Å². The van der Waals surface area contributed by atoms with E-state index in [1.807, 2.05) is 0 Å². The number of carbonyl (C=O) groups excluding carboxylic acids is 2. The zero-order valence-electron chi connectivity index (χ0n) is 13.4. The first-order valence-corrected chi connectivity index (χ1v) is 8.06. The van der Waals surface area contributed by atoms with E-state index in [1.165, 1.54) is 13.2 Å². The van der Waals surface area contributed by atoms with Crippen LogP contribution in [0.1, 0.15) is 5.56 Å². The van der Waals surface area contributed by atoms with Gasteiger partial charge in [0.05, 0.1) is 0 Å². The first-order valence-electron chi connectivity index (χ1n) is 7.31. The van der Waals surface area contributed by atoms with Crippen molar-refractivity contribution in [2.45, 2.75) is 0 Å². The number of rotatable bonds is 6. The molecule has 0 saturated carbocycles. The van der Waals surface area contributed by atoms with Crippen molar-refractivity contribution in [1.29, 1.82) is 0 Å². The van der Waals surface area contributed by atoms with Crippen LogP contribution in [0.15, 0.2) is 48.5 Å². The zero-order chi connectivity index (χ0) is 18.2. The monoisotopic (exact) mass is 378 g/mol. The minimum Gasteiger partial charge on any atom is -0.375 e. The van der Waals surface area contributed by atoms with Crippen LogP contribution in [0, 0.1) is 0 Å². The fourth-order valence-corrected chi connectivity index (χ4v) is 2.42. The van der Waals surface area contributed by atoms with Crippen LogP contribution in [0.4, 0.5) is 11.4 Å². The Balaban J connectivity index is 1.94. The molecule has 2 amide bonds. The van der Waals surface area contributed by atoms with Gasteiger partial charge in [-0.1, -0.05) is 29.3 Å². The van der Waals surface area contributed by atoms with Crippen molar-refractivity contribution < 1.29 is 14.3 Å². The molecule has 0 atom stereocenters. The van der Waals surface area contributed by atoms with Crippen molar-refractivity contribution in [1.82, 2.24) is 0 Å². The Bertz CT molecular complexity index is 789. The molecule has 7 heteroatoms. The van der Waals surface area contributed by atoms with E-state index in [0.29, 0.717) is 27.0 Å². The van der Waals surface area contributed by atoms with Gasteiger partial charge in [0.15, 0.2) is 0 Å². The molecule has 2 N–H and O–H groups in total. The predicted octanol–water partition coefficient (Wildman–Crippen LogP) is 4.23. The van der Waals surface area contributed by atoms with Crippen molar-refractivity contribution in [3.05, 3.63) is 64.1 Å². The van der Waals surface area contributed by atoms with Gasteiger partial charge >= 0.3 is 0 Å². The van der Waals surface area contributed by atoms with Crippen molar-refractivity contribution in [3.8, 4) is 0 Å². The molecule has 0 fully saturated rings. The van der Waals surface area contributed by atoms with E-state index < -0.39 is 0 Å². The lowest BCUT2D eigenvalue weighted by atomic mass is 10.2. The van der Waals surface area contributed by atoms with Crippen LogP contribution in [0.3, 0.4) is 0 Å². The standard InChI is InChI=1S/C18H16Cl2N2O3/c1-25-11-18(24)22-15-7-5-14(6-8-15)21-17(23)9-3-12-2-4-13(19)10-16(12)20/h2-10H,11H2,1H3,(H,21,23)(H,22,24)/b9-3+. The number of hydrogen-bond acceptors (Lipinski definition) is 3. The first-order chi connectivity index (χ1) is 12.0. The summed E-state index contributed by atoms with van der Waals surface area (Å²) in [4.78, 5) is 23.4. The number of halogens is 2. The summed E-state index contributed by atoms with van der Waals surface area (Å²) in [5, 5.41) is 6.38. The lowest BCUT2D eigenvalue weighted by Crippen LogP contribution is -2.17. The summed E-state index contributed by atoms with van der Waals surface area (Å²) in [6, 6.07) is 11.8. The number of amides is 2. The molecule has 2 rings (SSSR count). The summed E-state index contributed by atoms with van der Waals surface area (Å²) >= 11 is 11.9. The molecule has 2 aromatic rings. The van der Waals surface area contributed by atoms with E-state index in [4.69, 9.17) is 27.9 Å². The molecular formula is C18H16Cl2N2O3. The van der Waals surface area contributed by atoms with Gasteiger partial charge in [0, 0.05) is 34.6 Å². The Hall–Kier alpha value is -2.34. The fourth-order valence-electron chi connectivity index (χ4n) is 1.95. The van der Waals surface area contributed by atoms with Crippen LogP contribution in [0.2, 0.25) is 10.0 Å². The first kappa shape index (κ1) is 19.0. The average molecular weight is 379 g/mol. The molecule has 0 aliphatic heterocycles. The summed E-state index contributed by atoms with van der Waals surface area (Å²) in [6.07, 6.45) is 2.98. The molecule has 0 aliphatic rings. The van der Waals surface area contributed by atoms with Gasteiger partial charge in [-0.15, -0.1) is 0 Å². The van der Waals surface area contributed by atoms with Gasteiger partial charge in [-0.3, -0.25) is 9.59 Å². The predicted molar refractivity (Wildman–Crippen MR) is 101 cm³/mol. The van der Waals surface area contributed by atoms with Crippen LogP contribution in [-0.2, 0) is 14.3 Å². The highest BCUT2D eigenvalue weighted by Gasteiger charge is 2.03. The normalized spacial score (nSPS) is 10.7. The van der Waals surface area contributed by atoms with E-state index in [2.05, 4.69) is 10.6 Å². The van der Waals surface area contributed by atoms with E-state index in [1.54, 1.807) is 48.5 Å². The summed E-state index contributed by atoms with van der Waals surface area (Å²) in [7, 11) is 1.45. The molecule has 0 heterocycles. The topological polar surface area (TPSA) is 67.4 Å². The van der Waals surface area contributed by atoms with Gasteiger partial charge in [0.1, 0.15) is 6.61 Å². The Labute approximate surface area is 155 Å². The van der Waals surface area contributed by atoms with E-state index in [9.17, 15) is 9.59 Å². The van der Waals surface area contributed by atoms with Crippen molar-refractivity contribution >= 4 is 52.5 Å². The summed E-state index contributed by atoms with van der Waals surface area (Å²) in [6.45, 7) is -0.0173. The minimum absolute atomic E-state index is 0.0173. The van der Waals surface area contributed by atoms with Gasteiger partial charge in [-0.05, 0) is 48.0 Å². The van der Waals surface area contributed by atoms with E-state index in [0.717, 1.165) is 0 Å². The van der Waals surface area contributed by atoms with Gasteiger partial charge in [0.25, 0.3) is 0 Å². The molecule has 0 saturated heterocycles. The highest BCUT2D eigenvalue weighted by Crippen LogP contribution is 2.22. The lowest BCUT2D eigenvalue weighted by molar-refractivity contribution is -0.119. The molecule has 5 nitrogen and oxygen atoms in total. The van der Waals surface area contributed by atoms with Gasteiger partial charge in [-0.25, -0.2) is 0 Å². The summed E-state index contributed by atoms with van der Waals surface area (Å²) in [5.74, 6) is -0.552. The Kier molecular flexibility index (Phi) is 7.01. The van der Waals surface area contributed by atoms with Crippen LogP contribution in [0.25, 0.3) is 6.08 Å². The summed E-state index contributed by atoms with van der Waals surface area (Å²) in [5.41, 5.74) is 1.91. The number of anilines is 2. The Morgan fingerprint density at radius 2 is 1.68 bits per heavy atom. The number of carbonyl (C=O) groups is 2. The van der Waals surface area contributed by atoms with Crippen LogP contribution >= 0.6 is 23.2 Å². The molecule has 0 bridgehead atoms. The number of benzene rings is 2. The highest BCUT2D eigenvalue weighted by molar-refractivity contribution is 6.35. The quantitative estimate of drug-likeness (QED) is 0.739. The van der Waals surface area contributed by atoms with Gasteiger partial charge in [0.2, 0.25) is 11.8 Å². The van der Waals surface area contributed by atoms with Crippen molar-refractivity contribution in [3.63, 3.8) is 0 Å². The zero-order valence-corrected chi connectivity index (χ0v) is 14.9.